The minimum atomic E-state index is -3.73. The molecule has 1 aromatic carbocycles. The van der Waals surface area contributed by atoms with E-state index in [1.54, 1.807) is 30.3 Å². The number of rotatable bonds is 9. The van der Waals surface area contributed by atoms with E-state index in [1.807, 2.05) is 25.1 Å². The molecular weight excluding hydrogens is 466 g/mol. The second-order valence-electron chi connectivity index (χ2n) is 8.82. The third-order valence-electron chi connectivity index (χ3n) is 6.38. The zero-order valence-corrected chi connectivity index (χ0v) is 20.9. The lowest BCUT2D eigenvalue weighted by Gasteiger charge is -2.38. The molecule has 3 aromatic rings. The molecule has 0 radical (unpaired) electrons. The van der Waals surface area contributed by atoms with Crippen LogP contribution in [0.3, 0.4) is 0 Å². The molecule has 2 atom stereocenters. The van der Waals surface area contributed by atoms with Gasteiger partial charge in [0, 0.05) is 31.9 Å². The van der Waals surface area contributed by atoms with Gasteiger partial charge in [-0.05, 0) is 43.4 Å². The predicted octanol–water partition coefficient (Wildman–Crippen LogP) is 2.98. The van der Waals surface area contributed by atoms with Crippen molar-refractivity contribution >= 4 is 32.8 Å². The van der Waals surface area contributed by atoms with Crippen LogP contribution >= 0.6 is 0 Å². The first-order valence-corrected chi connectivity index (χ1v) is 13.3. The van der Waals surface area contributed by atoms with Gasteiger partial charge in [0.1, 0.15) is 12.1 Å². The standard InChI is InChI=1S/C25H31N5O4S/c1-4-22(31)29-15-21(11-10-18(29)2)28-24-23-20(12-13-34-3)14-30(25(23)27-17-26-24)35(32,33)16-19-8-6-5-7-9-19/h4-9,14,17-18,21H,1,10-13,15-16H2,2-3H3,(H,26,27,28)/t18-,21+/m0/s1. The molecule has 0 aliphatic carbocycles. The molecule has 4 rings (SSSR count). The van der Waals surface area contributed by atoms with Crippen molar-refractivity contribution in [2.24, 2.45) is 0 Å². The summed E-state index contributed by atoms with van der Waals surface area (Å²) in [5, 5.41) is 4.11. The van der Waals surface area contributed by atoms with E-state index >= 15 is 0 Å². The SMILES string of the molecule is C=CC(=O)N1C[C@H](Nc2ncnc3c2c(CCOC)cn3S(=O)(=O)Cc2ccccc2)CC[C@@H]1C. The smallest absolute Gasteiger partial charge is 0.246 e. The maximum atomic E-state index is 13.4. The van der Waals surface area contributed by atoms with Gasteiger partial charge in [0.2, 0.25) is 15.9 Å². The number of benzene rings is 1. The predicted molar refractivity (Wildman–Crippen MR) is 136 cm³/mol. The maximum Gasteiger partial charge on any atom is 0.246 e. The summed E-state index contributed by atoms with van der Waals surface area (Å²) in [5.41, 5.74) is 1.81. The van der Waals surface area contributed by atoms with Crippen LogP contribution in [0, 0.1) is 0 Å². The van der Waals surface area contributed by atoms with Gasteiger partial charge in [-0.3, -0.25) is 4.79 Å². The van der Waals surface area contributed by atoms with Crippen LogP contribution in [0.5, 0.6) is 0 Å². The number of hydrogen-bond donors (Lipinski definition) is 1. The third kappa shape index (κ3) is 5.38. The van der Waals surface area contributed by atoms with Gasteiger partial charge in [-0.2, -0.15) is 0 Å². The molecule has 1 saturated heterocycles. The first kappa shape index (κ1) is 24.9. The van der Waals surface area contributed by atoms with Gasteiger partial charge in [-0.1, -0.05) is 36.9 Å². The van der Waals surface area contributed by atoms with Crippen molar-refractivity contribution in [2.75, 3.05) is 25.6 Å². The Morgan fingerprint density at radius 3 is 2.74 bits per heavy atom. The number of amides is 1. The minimum absolute atomic E-state index is 0.0345. The summed E-state index contributed by atoms with van der Waals surface area (Å²) in [6, 6.07) is 9.16. The number of aromatic nitrogens is 3. The van der Waals surface area contributed by atoms with Gasteiger partial charge in [-0.15, -0.1) is 0 Å². The number of fused-ring (bicyclic) bond motifs is 1. The largest absolute Gasteiger partial charge is 0.384 e. The van der Waals surface area contributed by atoms with Crippen LogP contribution in [0.25, 0.3) is 11.0 Å². The van der Waals surface area contributed by atoms with Crippen LogP contribution in [0.15, 0.2) is 55.5 Å². The van der Waals surface area contributed by atoms with E-state index in [1.165, 1.54) is 16.4 Å². The molecule has 10 heteroatoms. The van der Waals surface area contributed by atoms with Gasteiger partial charge in [0.25, 0.3) is 0 Å². The van der Waals surface area contributed by atoms with E-state index in [4.69, 9.17) is 4.74 Å². The highest BCUT2D eigenvalue weighted by Gasteiger charge is 2.29. The first-order chi connectivity index (χ1) is 16.8. The van der Waals surface area contributed by atoms with Crippen LogP contribution in [-0.2, 0) is 31.7 Å². The van der Waals surface area contributed by atoms with Gasteiger partial charge >= 0.3 is 0 Å². The maximum absolute atomic E-state index is 13.4. The molecule has 35 heavy (non-hydrogen) atoms. The van der Waals surface area contributed by atoms with E-state index in [0.717, 1.165) is 18.4 Å². The summed E-state index contributed by atoms with van der Waals surface area (Å²) in [5.74, 6) is 0.309. The number of nitrogens with zero attached hydrogens (tertiary/aromatic N) is 4. The molecule has 1 aliphatic rings. The fraction of sp³-hybridized carbons (Fsp3) is 0.400. The molecular formula is C25H31N5O4S. The molecule has 1 fully saturated rings. The van der Waals surface area contributed by atoms with Crippen LogP contribution in [-0.4, -0.2) is 65.5 Å². The van der Waals surface area contributed by atoms with Gasteiger partial charge < -0.3 is 15.0 Å². The summed E-state index contributed by atoms with van der Waals surface area (Å²) < 4.78 is 33.3. The van der Waals surface area contributed by atoms with Crippen molar-refractivity contribution in [1.82, 2.24) is 18.8 Å². The average Bonchev–Trinajstić information content (AvgIpc) is 3.24. The minimum Gasteiger partial charge on any atom is -0.384 e. The number of anilines is 1. The Hall–Kier alpha value is -3.24. The second kappa shape index (κ2) is 10.6. The van der Waals surface area contributed by atoms with E-state index < -0.39 is 10.0 Å². The van der Waals surface area contributed by atoms with Crippen molar-refractivity contribution in [2.45, 2.75) is 44.0 Å². The van der Waals surface area contributed by atoms with Crippen molar-refractivity contribution in [3.8, 4) is 0 Å². The molecule has 1 N–H and O–H groups in total. The Kier molecular flexibility index (Phi) is 7.51. The third-order valence-corrected chi connectivity index (χ3v) is 7.95. The molecule has 2 aromatic heterocycles. The number of nitrogens with one attached hydrogen (secondary N) is 1. The number of likely N-dealkylation sites (tertiary alicyclic amines) is 1. The molecule has 1 amide bonds. The van der Waals surface area contributed by atoms with Crippen LogP contribution in [0.4, 0.5) is 5.82 Å². The lowest BCUT2D eigenvalue weighted by molar-refractivity contribution is -0.129. The van der Waals surface area contributed by atoms with E-state index in [2.05, 4.69) is 21.9 Å². The van der Waals surface area contributed by atoms with Crippen molar-refractivity contribution in [1.29, 1.82) is 0 Å². The molecule has 3 heterocycles. The van der Waals surface area contributed by atoms with Gasteiger partial charge in [0.15, 0.2) is 5.65 Å². The Morgan fingerprint density at radius 1 is 1.26 bits per heavy atom. The van der Waals surface area contributed by atoms with Crippen molar-refractivity contribution in [3.05, 3.63) is 66.6 Å². The lowest BCUT2D eigenvalue weighted by Crippen LogP contribution is -2.49. The Labute approximate surface area is 205 Å². The Bertz CT molecular complexity index is 1310. The molecule has 0 bridgehead atoms. The zero-order valence-electron chi connectivity index (χ0n) is 20.1. The average molecular weight is 498 g/mol. The molecule has 9 nitrogen and oxygen atoms in total. The van der Waals surface area contributed by atoms with E-state index in [-0.39, 0.29) is 23.7 Å². The number of methoxy groups -OCH3 is 1. The summed E-state index contributed by atoms with van der Waals surface area (Å²) in [6.45, 7) is 6.58. The monoisotopic (exact) mass is 497 g/mol. The first-order valence-electron chi connectivity index (χ1n) is 11.6. The number of piperidine rings is 1. The number of carbonyl (C=O) groups excluding carboxylic acids is 1. The highest BCUT2D eigenvalue weighted by atomic mass is 32.2. The van der Waals surface area contributed by atoms with E-state index in [0.29, 0.717) is 42.0 Å². The number of hydrogen-bond acceptors (Lipinski definition) is 7. The molecule has 186 valence electrons. The topological polar surface area (TPSA) is 106 Å². The van der Waals surface area contributed by atoms with Crippen molar-refractivity contribution in [3.63, 3.8) is 0 Å². The quantitative estimate of drug-likeness (QED) is 0.453. The molecule has 1 aliphatic heterocycles. The number of carbonyl (C=O) groups is 1. The highest BCUT2D eigenvalue weighted by Crippen LogP contribution is 2.30. The zero-order chi connectivity index (χ0) is 25.0. The van der Waals surface area contributed by atoms with Gasteiger partial charge in [-0.25, -0.2) is 22.4 Å². The fourth-order valence-electron chi connectivity index (χ4n) is 4.53. The second-order valence-corrected chi connectivity index (χ2v) is 10.7. The lowest BCUT2D eigenvalue weighted by atomic mass is 9.99. The normalized spacial score (nSPS) is 18.5. The summed E-state index contributed by atoms with van der Waals surface area (Å²) >= 11 is 0. The summed E-state index contributed by atoms with van der Waals surface area (Å²) in [4.78, 5) is 22.9. The van der Waals surface area contributed by atoms with Crippen molar-refractivity contribution < 1.29 is 17.9 Å². The Morgan fingerprint density at radius 2 is 2.03 bits per heavy atom. The van der Waals surface area contributed by atoms with Crippen LogP contribution < -0.4 is 5.32 Å². The fourth-order valence-corrected chi connectivity index (χ4v) is 5.97. The molecule has 0 unspecified atom stereocenters. The van der Waals surface area contributed by atoms with Gasteiger partial charge in [0.05, 0.1) is 17.7 Å². The molecule has 0 spiro atoms. The summed E-state index contributed by atoms with van der Waals surface area (Å²) in [6.07, 6.45) is 6.53. The Balaban J connectivity index is 1.71. The van der Waals surface area contributed by atoms with Crippen LogP contribution in [0.2, 0.25) is 0 Å². The van der Waals surface area contributed by atoms with Crippen LogP contribution in [0.1, 0.15) is 30.9 Å². The highest BCUT2D eigenvalue weighted by molar-refractivity contribution is 7.89. The number of ether oxygens (including phenoxy) is 1. The summed E-state index contributed by atoms with van der Waals surface area (Å²) in [7, 11) is -2.12. The molecule has 0 saturated carbocycles. The van der Waals surface area contributed by atoms with E-state index in [9.17, 15) is 13.2 Å².